The monoisotopic (exact) mass is 507 g/mol. The average molecular weight is 508 g/mol. The van der Waals surface area contributed by atoms with Crippen molar-refractivity contribution in [1.82, 2.24) is 5.01 Å². The highest BCUT2D eigenvalue weighted by molar-refractivity contribution is 6.10. The molecule has 3 aliphatic heterocycles. The summed E-state index contributed by atoms with van der Waals surface area (Å²) in [7, 11) is 1.61. The first-order valence-electron chi connectivity index (χ1n) is 12.7. The van der Waals surface area contributed by atoms with Crippen LogP contribution in [0.5, 0.6) is 5.75 Å². The van der Waals surface area contributed by atoms with Crippen LogP contribution in [0.3, 0.4) is 0 Å². The number of hydrogen-bond donors (Lipinski definition) is 0. The highest BCUT2D eigenvalue weighted by Gasteiger charge is 2.71. The summed E-state index contributed by atoms with van der Waals surface area (Å²) in [5.74, 6) is -0.216. The van der Waals surface area contributed by atoms with E-state index < -0.39 is 34.9 Å². The minimum absolute atomic E-state index is 0.0205. The van der Waals surface area contributed by atoms with Crippen LogP contribution in [-0.4, -0.2) is 47.6 Å². The van der Waals surface area contributed by atoms with Crippen LogP contribution in [0.4, 0.5) is 0 Å². The molecule has 0 saturated carbocycles. The van der Waals surface area contributed by atoms with Gasteiger partial charge in [-0.3, -0.25) is 9.80 Å². The normalized spacial score (nSPS) is 25.6. The quantitative estimate of drug-likeness (QED) is 0.469. The van der Waals surface area contributed by atoms with E-state index in [0.717, 1.165) is 16.7 Å². The molecule has 3 aliphatic rings. The van der Waals surface area contributed by atoms with E-state index >= 15 is 0 Å². The molecule has 1 spiro atoms. The second-order valence-electron chi connectivity index (χ2n) is 11.0. The predicted octanol–water partition coefficient (Wildman–Crippen LogP) is 4.91. The largest absolute Gasteiger partial charge is 0.497 e. The lowest BCUT2D eigenvalue weighted by Crippen LogP contribution is -2.45. The standard InChI is InChI=1S/C31H29N3O4/c1-30(2,3)27(35)25-24(19-14-16-22(37-4)17-15-19)31(26-23-13-9-8-12-21(23)18-32-34(25)26)29(36)38-28(33-31)20-10-6-5-7-11-20/h5-18,24-26H,1-4H3/t24-,25+,26-,31+/m0/s1. The van der Waals surface area contributed by atoms with Crippen molar-refractivity contribution in [2.45, 2.75) is 44.3 Å². The molecule has 4 atom stereocenters. The van der Waals surface area contributed by atoms with E-state index in [2.05, 4.69) is 0 Å². The zero-order chi connectivity index (χ0) is 26.7. The van der Waals surface area contributed by atoms with E-state index in [4.69, 9.17) is 19.6 Å². The number of benzene rings is 3. The Labute approximate surface area is 221 Å². The zero-order valence-corrected chi connectivity index (χ0v) is 21.8. The molecule has 3 aromatic rings. The van der Waals surface area contributed by atoms with Crippen molar-refractivity contribution in [3.05, 3.63) is 101 Å². The maximum Gasteiger partial charge on any atom is 0.344 e. The number of ketones is 1. The smallest absolute Gasteiger partial charge is 0.344 e. The lowest BCUT2D eigenvalue weighted by atomic mass is 9.70. The number of ether oxygens (including phenoxy) is 2. The van der Waals surface area contributed by atoms with Crippen LogP contribution in [0.25, 0.3) is 0 Å². The average Bonchev–Trinajstić information content (AvgIpc) is 3.43. The van der Waals surface area contributed by atoms with Crippen LogP contribution in [0.2, 0.25) is 0 Å². The zero-order valence-electron chi connectivity index (χ0n) is 21.8. The van der Waals surface area contributed by atoms with Crippen LogP contribution in [-0.2, 0) is 14.3 Å². The van der Waals surface area contributed by atoms with Gasteiger partial charge in [0.05, 0.1) is 19.2 Å². The molecule has 1 fully saturated rings. The van der Waals surface area contributed by atoms with Gasteiger partial charge in [0.25, 0.3) is 0 Å². The van der Waals surface area contributed by atoms with E-state index in [0.29, 0.717) is 11.3 Å². The Morgan fingerprint density at radius 1 is 0.974 bits per heavy atom. The number of esters is 1. The van der Waals surface area contributed by atoms with Crippen molar-refractivity contribution < 1.29 is 19.1 Å². The molecule has 3 aromatic carbocycles. The van der Waals surface area contributed by atoms with Crippen molar-refractivity contribution in [3.63, 3.8) is 0 Å². The number of aliphatic imine (C=N–C) groups is 1. The number of carbonyl (C=O) groups is 2. The topological polar surface area (TPSA) is 80.6 Å². The molecule has 7 nitrogen and oxygen atoms in total. The van der Waals surface area contributed by atoms with Gasteiger partial charge >= 0.3 is 5.97 Å². The number of rotatable bonds is 4. The van der Waals surface area contributed by atoms with Gasteiger partial charge in [-0.1, -0.05) is 75.4 Å². The summed E-state index contributed by atoms with van der Waals surface area (Å²) in [4.78, 5) is 33.5. The molecule has 0 aromatic heterocycles. The molecule has 0 radical (unpaired) electrons. The number of fused-ring (bicyclic) bond motifs is 4. The molecule has 1 saturated heterocycles. The third-order valence-corrected chi connectivity index (χ3v) is 7.68. The number of methoxy groups -OCH3 is 1. The number of cyclic esters (lactones) is 1. The highest BCUT2D eigenvalue weighted by atomic mass is 16.6. The van der Waals surface area contributed by atoms with Crippen LogP contribution < -0.4 is 4.74 Å². The summed E-state index contributed by atoms with van der Waals surface area (Å²) in [5.41, 5.74) is 1.16. The molecule has 38 heavy (non-hydrogen) atoms. The Bertz CT molecular complexity index is 1470. The summed E-state index contributed by atoms with van der Waals surface area (Å²) in [6.45, 7) is 5.69. The fourth-order valence-electron chi connectivity index (χ4n) is 5.89. The number of hydrazone groups is 1. The highest BCUT2D eigenvalue weighted by Crippen LogP contribution is 2.59. The van der Waals surface area contributed by atoms with Crippen LogP contribution in [0, 0.1) is 5.41 Å². The first-order chi connectivity index (χ1) is 18.3. The van der Waals surface area contributed by atoms with Gasteiger partial charge in [0.2, 0.25) is 5.90 Å². The van der Waals surface area contributed by atoms with Gasteiger partial charge in [-0.25, -0.2) is 9.79 Å². The first-order valence-corrected chi connectivity index (χ1v) is 12.7. The van der Waals surface area contributed by atoms with Crippen molar-refractivity contribution in [2.75, 3.05) is 7.11 Å². The predicted molar refractivity (Wildman–Crippen MR) is 144 cm³/mol. The van der Waals surface area contributed by atoms with Gasteiger partial charge in [0.15, 0.2) is 11.3 Å². The summed E-state index contributed by atoms with van der Waals surface area (Å²) >= 11 is 0. The first kappa shape index (κ1) is 24.1. The van der Waals surface area contributed by atoms with Crippen molar-refractivity contribution in [1.29, 1.82) is 0 Å². The molecule has 0 N–H and O–H groups in total. The van der Waals surface area contributed by atoms with Crippen molar-refractivity contribution in [2.24, 2.45) is 15.5 Å². The van der Waals surface area contributed by atoms with Gasteiger partial charge in [-0.2, -0.15) is 5.10 Å². The summed E-state index contributed by atoms with van der Waals surface area (Å²) < 4.78 is 11.4. The number of Topliss-reactive ketones (excluding diaryl/α,β-unsaturated/α-hetero) is 1. The van der Waals surface area contributed by atoms with E-state index in [1.54, 1.807) is 18.3 Å². The summed E-state index contributed by atoms with van der Waals surface area (Å²) in [6, 6.07) is 23.4. The fourth-order valence-corrected chi connectivity index (χ4v) is 5.89. The molecule has 0 aliphatic carbocycles. The molecule has 6 rings (SSSR count). The third-order valence-electron chi connectivity index (χ3n) is 7.68. The number of nitrogens with zero attached hydrogens (tertiary/aromatic N) is 3. The minimum Gasteiger partial charge on any atom is -0.497 e. The molecule has 0 unspecified atom stereocenters. The molecule has 7 heteroatoms. The Morgan fingerprint density at radius 2 is 1.66 bits per heavy atom. The second-order valence-corrected chi connectivity index (χ2v) is 11.0. The van der Waals surface area contributed by atoms with Gasteiger partial charge in [0, 0.05) is 11.0 Å². The maximum absolute atomic E-state index is 14.2. The van der Waals surface area contributed by atoms with Crippen molar-refractivity contribution >= 4 is 23.9 Å². The number of carbonyl (C=O) groups excluding carboxylic acids is 2. The van der Waals surface area contributed by atoms with Gasteiger partial charge in [-0.05, 0) is 41.0 Å². The Kier molecular flexibility index (Phi) is 5.49. The van der Waals surface area contributed by atoms with Crippen molar-refractivity contribution in [3.8, 4) is 5.75 Å². The van der Waals surface area contributed by atoms with Gasteiger partial charge in [-0.15, -0.1) is 0 Å². The summed E-state index contributed by atoms with van der Waals surface area (Å²) in [5, 5.41) is 6.59. The van der Waals surface area contributed by atoms with E-state index in [9.17, 15) is 9.59 Å². The maximum atomic E-state index is 14.2. The van der Waals surface area contributed by atoms with E-state index in [1.807, 2.05) is 99.6 Å². The molecule has 0 amide bonds. The molecule has 3 heterocycles. The number of hydrogen-bond acceptors (Lipinski definition) is 7. The van der Waals surface area contributed by atoms with E-state index in [1.165, 1.54) is 0 Å². The van der Waals surface area contributed by atoms with Gasteiger partial charge < -0.3 is 9.47 Å². The molecule has 0 bridgehead atoms. The molecular weight excluding hydrogens is 478 g/mol. The van der Waals surface area contributed by atoms with Crippen LogP contribution >= 0.6 is 0 Å². The fraction of sp³-hybridized carbons (Fsp3) is 0.290. The van der Waals surface area contributed by atoms with Gasteiger partial charge in [0.1, 0.15) is 17.8 Å². The third kappa shape index (κ3) is 3.49. The molecular formula is C31H29N3O4. The Morgan fingerprint density at radius 3 is 2.34 bits per heavy atom. The SMILES string of the molecule is COc1ccc([C@H]2[C@H](C(=O)C(C)(C)C)N3N=Cc4ccccc4[C@H]3[C@]23N=C(c2ccccc2)OC3=O)cc1. The van der Waals surface area contributed by atoms with Crippen LogP contribution in [0.15, 0.2) is 89.0 Å². The van der Waals surface area contributed by atoms with E-state index in [-0.39, 0.29) is 11.7 Å². The molecule has 192 valence electrons. The Balaban J connectivity index is 1.65. The Hall–Kier alpha value is -4.26. The lowest BCUT2D eigenvalue weighted by molar-refractivity contribution is -0.140. The van der Waals surface area contributed by atoms with Crippen LogP contribution in [0.1, 0.15) is 55.0 Å². The second kappa shape index (κ2) is 8.65. The summed E-state index contributed by atoms with van der Waals surface area (Å²) in [6.07, 6.45) is 1.76. The minimum atomic E-state index is -1.43. The lowest BCUT2D eigenvalue weighted by Gasteiger charge is -2.35.